The van der Waals surface area contributed by atoms with Gasteiger partial charge in [0.1, 0.15) is 15.2 Å². The Balaban J connectivity index is 1.17. The molecule has 1 saturated heterocycles. The largest absolute Gasteiger partial charge is 0.361 e. The molecule has 4 amide bonds. The molecule has 5 aromatic rings. The number of aromatic nitrogens is 1. The van der Waals surface area contributed by atoms with Crippen molar-refractivity contribution in [3.8, 4) is 0 Å². The quantitative estimate of drug-likeness (QED) is 0.0314. The predicted octanol–water partition coefficient (Wildman–Crippen LogP) is 5.02. The smallest absolute Gasteiger partial charge is 0.333 e. The molecule has 2 atom stereocenters. The molecule has 23 heteroatoms. The topological polar surface area (TPSA) is 293 Å². The van der Waals surface area contributed by atoms with Crippen LogP contribution in [0.4, 0.5) is 5.69 Å². The normalized spacial score (nSPS) is 19.3. The number of benzene rings is 4. The van der Waals surface area contributed by atoms with E-state index in [1.165, 1.54) is 12.1 Å². The highest BCUT2D eigenvalue weighted by molar-refractivity contribution is 7.86. The molecular formula is C50H53N5O15S3. The average Bonchev–Trinajstić information content (AvgIpc) is 3.95. The molecule has 2 aliphatic heterocycles. The van der Waals surface area contributed by atoms with E-state index in [0.29, 0.717) is 79.9 Å². The summed E-state index contributed by atoms with van der Waals surface area (Å²) in [4.78, 5) is 72.0. The number of likely N-dealkylation sites (N-methyl/N-ethyl adjacent to an activating group) is 1. The van der Waals surface area contributed by atoms with Crippen LogP contribution in [0.15, 0.2) is 106 Å². The summed E-state index contributed by atoms with van der Waals surface area (Å²) in [6.45, 7) is 4.24. The molecule has 0 radical (unpaired) electrons. The van der Waals surface area contributed by atoms with Gasteiger partial charge in [0.05, 0.1) is 11.8 Å². The number of allylic oxidation sites excluding steroid dienone is 5. The van der Waals surface area contributed by atoms with Crippen LogP contribution in [0.25, 0.3) is 38.5 Å². The number of rotatable bonds is 19. The van der Waals surface area contributed by atoms with Gasteiger partial charge in [0.25, 0.3) is 42.2 Å². The Morgan fingerprint density at radius 3 is 2.01 bits per heavy atom. The van der Waals surface area contributed by atoms with E-state index in [-0.39, 0.29) is 54.9 Å². The van der Waals surface area contributed by atoms with Gasteiger partial charge in [0.15, 0.2) is 0 Å². The molecule has 1 aromatic heterocycles. The molecule has 0 spiro atoms. The lowest BCUT2D eigenvalue weighted by molar-refractivity contribution is -0.197. The van der Waals surface area contributed by atoms with Crippen LogP contribution in [0.3, 0.4) is 0 Å². The molecule has 2 unspecified atom stereocenters. The zero-order valence-electron chi connectivity index (χ0n) is 39.7. The van der Waals surface area contributed by atoms with E-state index >= 15 is 0 Å². The monoisotopic (exact) mass is 1060 g/mol. The Bertz CT molecular complexity index is 3610. The van der Waals surface area contributed by atoms with Crippen LogP contribution in [-0.2, 0) is 65.7 Å². The van der Waals surface area contributed by atoms with Crippen LogP contribution in [-0.4, -0.2) is 104 Å². The van der Waals surface area contributed by atoms with Crippen LogP contribution in [0, 0.1) is 5.41 Å². The van der Waals surface area contributed by atoms with E-state index in [2.05, 4.69) is 10.6 Å². The molecule has 1 fully saturated rings. The van der Waals surface area contributed by atoms with Crippen molar-refractivity contribution in [3.05, 3.63) is 107 Å². The van der Waals surface area contributed by atoms with Crippen molar-refractivity contribution in [2.24, 2.45) is 5.41 Å². The van der Waals surface area contributed by atoms with Crippen molar-refractivity contribution in [2.75, 3.05) is 30.3 Å². The van der Waals surface area contributed by atoms with Crippen molar-refractivity contribution in [2.45, 2.75) is 87.6 Å². The fraction of sp³-hybridized carbons (Fsp3) is 0.340. The summed E-state index contributed by atoms with van der Waals surface area (Å²) in [5, 5.41) is 9.03. The molecule has 0 saturated carbocycles. The minimum Gasteiger partial charge on any atom is -0.361 e. The highest BCUT2D eigenvalue weighted by Crippen LogP contribution is 2.47. The molecular weight excluding hydrogens is 1010 g/mol. The number of nitrogens with one attached hydrogen (secondary N) is 2. The van der Waals surface area contributed by atoms with Gasteiger partial charge in [-0.1, -0.05) is 67.1 Å². The minimum atomic E-state index is -4.60. The molecule has 3 heterocycles. The number of nitrogens with zero attached hydrogens (tertiary/aromatic N) is 3. The Labute approximate surface area is 420 Å². The molecule has 1 aliphatic carbocycles. The van der Waals surface area contributed by atoms with Crippen LogP contribution in [0.5, 0.6) is 0 Å². The van der Waals surface area contributed by atoms with Crippen LogP contribution in [0.1, 0.15) is 76.8 Å². The predicted molar refractivity (Wildman–Crippen MR) is 269 cm³/mol. The summed E-state index contributed by atoms with van der Waals surface area (Å²) in [7, 11) is -13.7. The highest BCUT2D eigenvalue weighted by Gasteiger charge is 2.48. The number of anilines is 1. The Morgan fingerprint density at radius 1 is 0.740 bits per heavy atom. The molecule has 0 bridgehead atoms. The number of aryl methyl sites for hydroxylation is 1. The molecule has 386 valence electrons. The summed E-state index contributed by atoms with van der Waals surface area (Å²) < 4.78 is 105. The van der Waals surface area contributed by atoms with Crippen LogP contribution in [0.2, 0.25) is 0 Å². The van der Waals surface area contributed by atoms with Crippen molar-refractivity contribution < 1.29 is 67.7 Å². The van der Waals surface area contributed by atoms with E-state index in [0.717, 1.165) is 11.3 Å². The van der Waals surface area contributed by atoms with Gasteiger partial charge in [-0.25, -0.2) is 4.79 Å². The lowest BCUT2D eigenvalue weighted by atomic mass is 9.70. The first-order valence-corrected chi connectivity index (χ1v) is 28.0. The minimum absolute atomic E-state index is 0.0373. The number of hydroxylamine groups is 2. The maximum atomic E-state index is 14.8. The summed E-state index contributed by atoms with van der Waals surface area (Å²) in [5.41, 5.74) is 1.18. The van der Waals surface area contributed by atoms with Crippen molar-refractivity contribution in [3.63, 3.8) is 0 Å². The second-order valence-corrected chi connectivity index (χ2v) is 22.4. The lowest BCUT2D eigenvalue weighted by Gasteiger charge is -2.35. The summed E-state index contributed by atoms with van der Waals surface area (Å²) in [6, 6.07) is 15.7. The average molecular weight is 1060 g/mol. The van der Waals surface area contributed by atoms with Gasteiger partial charge in [0.2, 0.25) is 11.8 Å². The van der Waals surface area contributed by atoms with Gasteiger partial charge in [-0.3, -0.25) is 32.8 Å². The van der Waals surface area contributed by atoms with E-state index in [4.69, 9.17) is 4.84 Å². The maximum Gasteiger partial charge on any atom is 0.333 e. The third-order valence-electron chi connectivity index (χ3n) is 13.4. The summed E-state index contributed by atoms with van der Waals surface area (Å²) in [5.74, 6) is -4.37. The molecule has 73 heavy (non-hydrogen) atoms. The Hall–Kier alpha value is -6.76. The lowest BCUT2D eigenvalue weighted by Crippen LogP contribution is -2.53. The molecule has 20 nitrogen and oxygen atoms in total. The zero-order chi connectivity index (χ0) is 52.6. The fourth-order valence-electron chi connectivity index (χ4n) is 10.2. The molecule has 8 rings (SSSR count). The number of hydrogen-bond donors (Lipinski definition) is 5. The Kier molecular flexibility index (Phi) is 14.9. The summed E-state index contributed by atoms with van der Waals surface area (Å²) in [6.07, 6.45) is 9.32. The SMILES string of the molecule is CCN1c2ccc(S(=O)(=O)O)c3cccc(c23)C1/C=C/C1=CC(=C/C=c2\c3cccc4c(S(=O)(=O)O)ccc(c43)n2CC)/CC(C(=O)NCCCCCC(=O)ON2C(=O)CCC2=O)(C(=O)NCCS(=O)(=O)O)C1. The van der Waals surface area contributed by atoms with Gasteiger partial charge in [-0.2, -0.15) is 25.3 Å². The zero-order valence-corrected chi connectivity index (χ0v) is 42.2. The third-order valence-corrected chi connectivity index (χ3v) is 16.0. The van der Waals surface area contributed by atoms with Gasteiger partial charge in [0, 0.05) is 88.9 Å². The Morgan fingerprint density at radius 2 is 1.37 bits per heavy atom. The number of amides is 4. The van der Waals surface area contributed by atoms with Crippen LogP contribution < -0.4 is 20.9 Å². The van der Waals surface area contributed by atoms with E-state index in [9.17, 15) is 62.9 Å². The first kappa shape index (κ1) is 52.6. The summed E-state index contributed by atoms with van der Waals surface area (Å²) >= 11 is 0. The van der Waals surface area contributed by atoms with Crippen molar-refractivity contribution in [1.82, 2.24) is 20.3 Å². The highest BCUT2D eigenvalue weighted by atomic mass is 32.2. The van der Waals surface area contributed by atoms with Crippen molar-refractivity contribution >= 4 is 104 Å². The number of hydrogen-bond acceptors (Lipinski definition) is 13. The second kappa shape index (κ2) is 20.6. The maximum absolute atomic E-state index is 14.8. The number of carbonyl (C=O) groups excluding carboxylic acids is 5. The van der Waals surface area contributed by atoms with Gasteiger partial charge in [-0.15, -0.1) is 5.06 Å². The van der Waals surface area contributed by atoms with Crippen molar-refractivity contribution in [1.29, 1.82) is 0 Å². The van der Waals surface area contributed by atoms with Gasteiger partial charge >= 0.3 is 5.97 Å². The van der Waals surface area contributed by atoms with E-state index in [1.54, 1.807) is 54.6 Å². The van der Waals surface area contributed by atoms with Gasteiger partial charge in [-0.05, 0) is 86.6 Å². The molecule has 4 aromatic carbocycles. The standard InChI is InChI=1S/C50H53N5O15S3/c1-3-53-37(33-10-8-12-35-41(72(64,65)66)21-19-39(53)46(33)35)17-15-31-28-32(16-18-38-34-11-9-13-36-42(73(67,68)69)22-20-40(47(34)36)54(38)4-2)30-50(29-31,49(60)52-26-27-71(61,62)63)48(59)51-25-7-5-6-14-45(58)70-55-43(56)23-24-44(55)57/h8-13,15-22,28,37H,3-7,14,23-27,29-30H2,1-2H3,(H,51,59)(H,52,60)(H,61,62,63)(H,64,65,66)(H,67,68,69)/b17-15+,32-16-,38-18+. The molecule has 5 N–H and O–H groups in total. The number of unbranched alkanes of at least 4 members (excludes halogenated alkanes) is 2. The van der Waals surface area contributed by atoms with E-state index in [1.807, 2.05) is 47.6 Å². The number of carbonyl (C=O) groups is 5. The first-order valence-electron chi connectivity index (χ1n) is 23.5. The van der Waals surface area contributed by atoms with Gasteiger partial charge < -0.3 is 24.9 Å². The van der Waals surface area contributed by atoms with Crippen LogP contribution >= 0.6 is 0 Å². The molecule has 3 aliphatic rings. The second-order valence-electron chi connectivity index (χ2n) is 18.0. The number of imide groups is 1. The fourth-order valence-corrected chi connectivity index (χ4v) is 11.9. The van der Waals surface area contributed by atoms with E-state index < -0.39 is 83.7 Å². The third kappa shape index (κ3) is 10.7. The first-order chi connectivity index (χ1) is 34.6.